The molecule has 0 saturated carbocycles. The van der Waals surface area contributed by atoms with Crippen molar-refractivity contribution in [3.05, 3.63) is 234 Å². The minimum Gasteiger partial charge on any atom is -0.334 e. The van der Waals surface area contributed by atoms with Crippen molar-refractivity contribution in [2.45, 2.75) is 44.6 Å². The molecule has 0 aromatic heterocycles. The largest absolute Gasteiger partial charge is 0.334 e. The van der Waals surface area contributed by atoms with E-state index in [1.54, 1.807) is 0 Å². The van der Waals surface area contributed by atoms with Gasteiger partial charge in [-0.1, -0.05) is 173 Å². The maximum atomic E-state index is 2.56. The smallest absolute Gasteiger partial charge is 0.0628 e. The molecule has 0 saturated heterocycles. The van der Waals surface area contributed by atoms with Crippen LogP contribution in [-0.2, 0) is 10.8 Å². The average Bonchev–Trinajstić information content (AvgIpc) is 3.54. The molecule has 4 aliphatic carbocycles. The Morgan fingerprint density at radius 1 is 0.452 bits per heavy atom. The maximum absolute atomic E-state index is 2.56. The van der Waals surface area contributed by atoms with Gasteiger partial charge in [-0.3, -0.25) is 0 Å². The minimum atomic E-state index is -0.242. The Morgan fingerprint density at radius 2 is 1.11 bits per heavy atom. The van der Waals surface area contributed by atoms with Gasteiger partial charge in [-0.05, 0) is 127 Å². The molecule has 0 amide bonds. The van der Waals surface area contributed by atoms with Crippen molar-refractivity contribution >= 4 is 50.0 Å². The molecule has 0 bridgehead atoms. The second kappa shape index (κ2) is 13.7. The van der Waals surface area contributed by atoms with Crippen LogP contribution in [0.4, 0.5) is 28.4 Å². The first-order valence-electron chi connectivity index (χ1n) is 22.1. The minimum absolute atomic E-state index is 0.148. The van der Waals surface area contributed by atoms with Crippen LogP contribution in [0.15, 0.2) is 212 Å². The van der Waals surface area contributed by atoms with Crippen LogP contribution in [0.2, 0.25) is 0 Å². The van der Waals surface area contributed by atoms with E-state index in [1.165, 1.54) is 88.7 Å². The SMILES string of the molecule is CC1(C)c2cc(N(c3ccccc3)C3C=CC=C4C=CC=CC43)ccc2-c2c1cc1c3c(cccc23)C(C)(C)c2cc(N(c3ccccc3)c3cccc4ccccc34)ccc2-1. The molecule has 298 valence electrons. The molecule has 2 nitrogen and oxygen atoms in total. The van der Waals surface area contributed by atoms with E-state index in [9.17, 15) is 0 Å². The van der Waals surface area contributed by atoms with Gasteiger partial charge in [0.25, 0.3) is 0 Å². The third kappa shape index (κ3) is 5.36. The normalized spacial score (nSPS) is 18.2. The first kappa shape index (κ1) is 36.7. The Morgan fingerprint density at radius 3 is 1.95 bits per heavy atom. The predicted octanol–water partition coefficient (Wildman–Crippen LogP) is 15.8. The van der Waals surface area contributed by atoms with Crippen LogP contribution >= 0.6 is 0 Å². The zero-order valence-electron chi connectivity index (χ0n) is 35.7. The molecule has 2 unspecified atom stereocenters. The first-order chi connectivity index (χ1) is 30.3. The van der Waals surface area contributed by atoms with Crippen molar-refractivity contribution in [2.75, 3.05) is 9.80 Å². The Hall–Kier alpha value is -7.16. The van der Waals surface area contributed by atoms with Crippen molar-refractivity contribution in [2.24, 2.45) is 5.92 Å². The summed E-state index contributed by atoms with van der Waals surface area (Å²) in [6.07, 6.45) is 15.9. The predicted molar refractivity (Wildman–Crippen MR) is 263 cm³/mol. The van der Waals surface area contributed by atoms with Gasteiger partial charge in [-0.25, -0.2) is 0 Å². The quantitative estimate of drug-likeness (QED) is 0.165. The molecular weight excluding hydrogens is 749 g/mol. The molecule has 2 atom stereocenters. The van der Waals surface area contributed by atoms with Gasteiger partial charge in [-0.15, -0.1) is 0 Å². The number of para-hydroxylation sites is 2. The molecule has 0 heterocycles. The zero-order valence-corrected chi connectivity index (χ0v) is 35.7. The Kier molecular flexibility index (Phi) is 8.09. The van der Waals surface area contributed by atoms with Gasteiger partial charge in [0.05, 0.1) is 11.7 Å². The third-order valence-corrected chi connectivity index (χ3v) is 14.4. The standard InChI is InChI=1S/C60H48N2/c1-59(2)51-29-17-28-49-57-48-35-33-44(62(42-24-9-6-10-25-42)56-31-16-21-40-19-12-14-27-46(40)56)37-53(48)60(3,4)54(57)38-50(58(49)51)47-34-32-43(36-52(47)59)61(41-22-7-5-8-23-41)55-30-15-20-39-18-11-13-26-45(39)55/h5-38,46,56H,1-4H3. The first-order valence-corrected chi connectivity index (χ1v) is 22.1. The number of hydrogen-bond acceptors (Lipinski definition) is 2. The van der Waals surface area contributed by atoms with Crippen molar-refractivity contribution in [1.82, 2.24) is 0 Å². The van der Waals surface area contributed by atoms with Gasteiger partial charge in [0.1, 0.15) is 0 Å². The van der Waals surface area contributed by atoms with Gasteiger partial charge in [0, 0.05) is 44.9 Å². The molecular formula is C60H48N2. The summed E-state index contributed by atoms with van der Waals surface area (Å²) < 4.78 is 0. The number of benzene rings is 8. The Bertz CT molecular complexity index is 3250. The van der Waals surface area contributed by atoms with Crippen LogP contribution in [0.5, 0.6) is 0 Å². The van der Waals surface area contributed by atoms with Crippen molar-refractivity contribution in [1.29, 1.82) is 0 Å². The Labute approximate surface area is 365 Å². The monoisotopic (exact) mass is 796 g/mol. The van der Waals surface area contributed by atoms with Gasteiger partial charge < -0.3 is 9.80 Å². The molecule has 0 spiro atoms. The highest BCUT2D eigenvalue weighted by Gasteiger charge is 2.42. The summed E-state index contributed by atoms with van der Waals surface area (Å²) in [5, 5.41) is 5.20. The fraction of sp³-hybridized carbons (Fsp3) is 0.133. The Balaban J connectivity index is 1.02. The van der Waals surface area contributed by atoms with Gasteiger partial charge in [0.15, 0.2) is 0 Å². The topological polar surface area (TPSA) is 6.48 Å². The van der Waals surface area contributed by atoms with E-state index in [-0.39, 0.29) is 22.8 Å². The van der Waals surface area contributed by atoms with Crippen LogP contribution in [0.3, 0.4) is 0 Å². The van der Waals surface area contributed by atoms with E-state index in [0.29, 0.717) is 0 Å². The lowest BCUT2D eigenvalue weighted by atomic mass is 9.67. The van der Waals surface area contributed by atoms with E-state index in [2.05, 4.69) is 244 Å². The molecule has 12 rings (SSSR count). The summed E-state index contributed by atoms with van der Waals surface area (Å²) in [6, 6.07) is 61.4. The molecule has 0 N–H and O–H groups in total. The molecule has 0 aliphatic heterocycles. The van der Waals surface area contributed by atoms with Crippen LogP contribution in [0.25, 0.3) is 43.8 Å². The highest BCUT2D eigenvalue weighted by atomic mass is 15.2. The summed E-state index contributed by atoms with van der Waals surface area (Å²) in [5.74, 6) is 0.269. The second-order valence-electron chi connectivity index (χ2n) is 18.5. The zero-order chi connectivity index (χ0) is 41.7. The number of nitrogens with zero attached hydrogens (tertiary/aromatic N) is 2. The van der Waals surface area contributed by atoms with Crippen LogP contribution in [-0.4, -0.2) is 6.04 Å². The van der Waals surface area contributed by atoms with Crippen LogP contribution in [0, 0.1) is 5.92 Å². The van der Waals surface area contributed by atoms with Crippen LogP contribution in [0.1, 0.15) is 49.9 Å². The third-order valence-electron chi connectivity index (χ3n) is 14.4. The highest BCUT2D eigenvalue weighted by molar-refractivity contribution is 6.13. The lowest BCUT2D eigenvalue weighted by Gasteiger charge is -2.39. The summed E-state index contributed by atoms with van der Waals surface area (Å²) in [5.41, 5.74) is 17.7. The fourth-order valence-corrected chi connectivity index (χ4v) is 11.3. The number of hydrogen-bond donors (Lipinski definition) is 0. The van der Waals surface area contributed by atoms with E-state index in [4.69, 9.17) is 0 Å². The summed E-state index contributed by atoms with van der Waals surface area (Å²) in [7, 11) is 0. The molecule has 4 aliphatic rings. The number of allylic oxidation sites excluding steroid dienone is 5. The van der Waals surface area contributed by atoms with Crippen molar-refractivity contribution in [3.8, 4) is 22.3 Å². The highest BCUT2D eigenvalue weighted by Crippen LogP contribution is 2.58. The summed E-state index contributed by atoms with van der Waals surface area (Å²) in [6.45, 7) is 9.72. The maximum Gasteiger partial charge on any atom is 0.0628 e. The number of rotatable bonds is 6. The average molecular weight is 797 g/mol. The molecule has 62 heavy (non-hydrogen) atoms. The number of anilines is 5. The lowest BCUT2D eigenvalue weighted by molar-refractivity contribution is 0.635. The van der Waals surface area contributed by atoms with Crippen molar-refractivity contribution < 1.29 is 0 Å². The van der Waals surface area contributed by atoms with Crippen LogP contribution < -0.4 is 9.80 Å². The van der Waals surface area contributed by atoms with Gasteiger partial charge >= 0.3 is 0 Å². The molecule has 0 radical (unpaired) electrons. The van der Waals surface area contributed by atoms with E-state index in [0.717, 1.165) is 11.4 Å². The van der Waals surface area contributed by atoms with E-state index >= 15 is 0 Å². The number of fused-ring (bicyclic) bond motifs is 8. The summed E-state index contributed by atoms with van der Waals surface area (Å²) >= 11 is 0. The lowest BCUT2D eigenvalue weighted by Crippen LogP contribution is -2.37. The van der Waals surface area contributed by atoms with E-state index in [1.807, 2.05) is 0 Å². The summed E-state index contributed by atoms with van der Waals surface area (Å²) in [4.78, 5) is 5.00. The van der Waals surface area contributed by atoms with E-state index < -0.39 is 0 Å². The van der Waals surface area contributed by atoms with Crippen molar-refractivity contribution in [3.63, 3.8) is 0 Å². The van der Waals surface area contributed by atoms with Gasteiger partial charge in [0.2, 0.25) is 0 Å². The second-order valence-corrected chi connectivity index (χ2v) is 18.5. The molecule has 8 aromatic carbocycles. The molecule has 0 fully saturated rings. The van der Waals surface area contributed by atoms with Gasteiger partial charge in [-0.2, -0.15) is 0 Å². The molecule has 8 aromatic rings. The molecule has 2 heteroatoms. The fourth-order valence-electron chi connectivity index (χ4n) is 11.3.